The van der Waals surface area contributed by atoms with Gasteiger partial charge in [-0.15, -0.1) is 0 Å². The summed E-state index contributed by atoms with van der Waals surface area (Å²) in [4.78, 5) is 43.6. The van der Waals surface area contributed by atoms with Crippen molar-refractivity contribution in [2.45, 2.75) is 140 Å². The predicted molar refractivity (Wildman–Crippen MR) is 206 cm³/mol. The van der Waals surface area contributed by atoms with Crippen LogP contribution < -0.4 is 11.1 Å². The fourth-order valence-corrected chi connectivity index (χ4v) is 14.8. The molecule has 5 saturated heterocycles. The summed E-state index contributed by atoms with van der Waals surface area (Å²) in [6.07, 6.45) is 14.3. The highest BCUT2D eigenvalue weighted by Gasteiger charge is 2.68. The maximum absolute atomic E-state index is 13.9. The smallest absolute Gasteiger partial charge is 0.334 e. The van der Waals surface area contributed by atoms with Gasteiger partial charge in [0.25, 0.3) is 0 Å². The zero-order valence-electron chi connectivity index (χ0n) is 31.9. The van der Waals surface area contributed by atoms with Crippen molar-refractivity contribution in [1.82, 2.24) is 10.2 Å². The quantitative estimate of drug-likeness (QED) is 0.141. The lowest BCUT2D eigenvalue weighted by atomic mass is 9.56. The fourth-order valence-electron chi connectivity index (χ4n) is 12.2. The Labute approximate surface area is 323 Å². The number of aliphatic hydroxyl groups is 1. The van der Waals surface area contributed by atoms with Gasteiger partial charge in [-0.3, -0.25) is 9.59 Å². The van der Waals surface area contributed by atoms with E-state index in [-0.39, 0.29) is 83.7 Å². The Balaban J connectivity index is 1.16. The van der Waals surface area contributed by atoms with E-state index in [2.05, 4.69) is 23.2 Å². The second kappa shape index (κ2) is 15.1. The summed E-state index contributed by atoms with van der Waals surface area (Å²) in [5.74, 6) is 1.88. The van der Waals surface area contributed by atoms with Gasteiger partial charge >= 0.3 is 11.9 Å². The molecule has 8 rings (SSSR count). The molecule has 3 aliphatic carbocycles. The lowest BCUT2D eigenvalue weighted by Crippen LogP contribution is -2.65. The number of piperidine rings is 1. The molecule has 4 N–H and O–H groups in total. The van der Waals surface area contributed by atoms with Crippen LogP contribution in [0.4, 0.5) is 0 Å². The molecule has 0 aromatic rings. The minimum atomic E-state index is -0.958. The predicted octanol–water partition coefficient (Wildman–Crippen LogP) is 5.53. The largest absolute Gasteiger partial charge is 0.462 e. The van der Waals surface area contributed by atoms with Gasteiger partial charge in [-0.25, -0.2) is 4.79 Å². The van der Waals surface area contributed by atoms with Gasteiger partial charge in [0.05, 0.1) is 18.2 Å². The van der Waals surface area contributed by atoms with Gasteiger partial charge in [0, 0.05) is 68.0 Å². The number of hydrogen-bond donors (Lipinski definition) is 3. The summed E-state index contributed by atoms with van der Waals surface area (Å²) >= 11 is 0. The Morgan fingerprint density at radius 3 is 2.68 bits per heavy atom. The van der Waals surface area contributed by atoms with Crippen molar-refractivity contribution in [2.24, 2.45) is 46.7 Å². The standard InChI is InChI=1S/C41H61N3O7S2/c1-4-24(2)37(47)51-39(3)11-7-25-22-52-53-23-29-8-13-44(29)35(46)17-28-21-43-34(42)18-30(28)36(25)41(39)20-27-15-26-16-31(40(12-14-45)9-5-6-10-40)38(48)49-32(26)19-33(27)50-41/h4,7,26-34,36,43,45H,5-6,8-23,42H2,1-3H3/t26?,27?,28?,29-,30?,31?,32?,33?,34?,36+,39-,41-/m0/s1. The SMILES string of the molecule is CC=C(C)C(=O)O[C@@]1(C)CC=C2CSSC[C@@H]3CCN3C(=O)CC3CNC(N)CC3[C@@H]2[C@@]12CC1CC3CC(C4(CCO)CCCC4)C(=O)OC3CC1O2. The van der Waals surface area contributed by atoms with E-state index in [1.807, 2.05) is 28.5 Å². The maximum Gasteiger partial charge on any atom is 0.334 e. The molecule has 5 heterocycles. The van der Waals surface area contributed by atoms with Gasteiger partial charge in [0.15, 0.2) is 0 Å². The molecule has 0 radical (unpaired) electrons. The van der Waals surface area contributed by atoms with Gasteiger partial charge in [0.1, 0.15) is 17.3 Å². The third kappa shape index (κ3) is 6.74. The molecular formula is C41H61N3O7S2. The number of aliphatic hydroxyl groups excluding tert-OH is 1. The number of fused-ring (bicyclic) bond motifs is 7. The van der Waals surface area contributed by atoms with Crippen LogP contribution in [0.1, 0.15) is 104 Å². The minimum Gasteiger partial charge on any atom is -0.462 e. The lowest BCUT2D eigenvalue weighted by Gasteiger charge is -2.57. The molecule has 10 nitrogen and oxygen atoms in total. The van der Waals surface area contributed by atoms with Crippen molar-refractivity contribution in [3.63, 3.8) is 0 Å². The molecule has 0 aromatic carbocycles. The van der Waals surface area contributed by atoms with Crippen LogP contribution in [0.5, 0.6) is 0 Å². The highest BCUT2D eigenvalue weighted by molar-refractivity contribution is 8.76. The van der Waals surface area contributed by atoms with Crippen LogP contribution in [0.3, 0.4) is 0 Å². The number of hydrogen-bond acceptors (Lipinski definition) is 11. The number of nitrogens with two attached hydrogens (primary N) is 1. The average Bonchev–Trinajstić information content (AvgIpc) is 3.74. The van der Waals surface area contributed by atoms with Crippen molar-refractivity contribution in [3.05, 3.63) is 23.3 Å². The van der Waals surface area contributed by atoms with E-state index in [1.165, 1.54) is 5.57 Å². The number of ether oxygens (including phenoxy) is 3. The first kappa shape index (κ1) is 38.3. The van der Waals surface area contributed by atoms with Crippen molar-refractivity contribution >= 4 is 39.4 Å². The first-order chi connectivity index (χ1) is 25.5. The van der Waals surface area contributed by atoms with Crippen LogP contribution in [0.2, 0.25) is 0 Å². The Bertz CT molecular complexity index is 1500. The monoisotopic (exact) mass is 771 g/mol. The number of carbonyl (C=O) groups excluding carboxylic acids is 3. The minimum absolute atomic E-state index is 0.0534. The highest BCUT2D eigenvalue weighted by atomic mass is 33.1. The fraction of sp³-hybridized carbons (Fsp3) is 0.829. The number of nitrogens with zero attached hydrogens (tertiary/aromatic N) is 1. The topological polar surface area (TPSA) is 140 Å². The molecular weight excluding hydrogens is 711 g/mol. The van der Waals surface area contributed by atoms with E-state index in [0.29, 0.717) is 50.3 Å². The normalized spacial score (nSPS) is 44.1. The molecule has 1 spiro atoms. The number of carbonyl (C=O) groups is 3. The van der Waals surface area contributed by atoms with Gasteiger partial charge in [-0.2, -0.15) is 0 Å². The second-order valence-corrected chi connectivity index (χ2v) is 20.6. The molecule has 0 aromatic heterocycles. The van der Waals surface area contributed by atoms with E-state index in [0.717, 1.165) is 69.4 Å². The summed E-state index contributed by atoms with van der Waals surface area (Å²) < 4.78 is 20.7. The molecule has 8 unspecified atom stereocenters. The Morgan fingerprint density at radius 2 is 1.94 bits per heavy atom. The first-order valence-corrected chi connectivity index (χ1v) is 23.1. The van der Waals surface area contributed by atoms with Crippen LogP contribution >= 0.6 is 21.6 Å². The van der Waals surface area contributed by atoms with Crippen molar-refractivity contribution in [2.75, 3.05) is 31.2 Å². The van der Waals surface area contributed by atoms with Gasteiger partial charge in [-0.05, 0) is 101 Å². The summed E-state index contributed by atoms with van der Waals surface area (Å²) in [6, 6.07) is 0.308. The van der Waals surface area contributed by atoms with E-state index in [4.69, 9.17) is 19.9 Å². The molecule has 8 aliphatic rings. The molecule has 1 amide bonds. The van der Waals surface area contributed by atoms with E-state index < -0.39 is 11.2 Å². The van der Waals surface area contributed by atoms with E-state index in [1.54, 1.807) is 13.0 Å². The van der Waals surface area contributed by atoms with Crippen molar-refractivity contribution in [3.8, 4) is 0 Å². The zero-order valence-corrected chi connectivity index (χ0v) is 33.5. The molecule has 12 atom stereocenters. The van der Waals surface area contributed by atoms with Crippen LogP contribution in [0.25, 0.3) is 0 Å². The Kier molecular flexibility index (Phi) is 10.9. The lowest BCUT2D eigenvalue weighted by molar-refractivity contribution is -0.230. The highest BCUT2D eigenvalue weighted by Crippen LogP contribution is 2.63. The van der Waals surface area contributed by atoms with Crippen LogP contribution in [0.15, 0.2) is 23.3 Å². The number of nitrogens with one attached hydrogen (secondary N) is 1. The van der Waals surface area contributed by atoms with Crippen molar-refractivity contribution in [1.29, 1.82) is 0 Å². The third-order valence-electron chi connectivity index (χ3n) is 15.4. The van der Waals surface area contributed by atoms with Crippen LogP contribution in [0, 0.1) is 40.9 Å². The summed E-state index contributed by atoms with van der Waals surface area (Å²) in [6.45, 7) is 7.35. The molecule has 5 aliphatic heterocycles. The molecule has 0 bridgehead atoms. The van der Waals surface area contributed by atoms with Gasteiger partial charge in [0.2, 0.25) is 5.91 Å². The molecule has 294 valence electrons. The molecule has 7 fully saturated rings. The van der Waals surface area contributed by atoms with Crippen molar-refractivity contribution < 1.29 is 33.7 Å². The van der Waals surface area contributed by atoms with E-state index in [9.17, 15) is 19.5 Å². The molecule has 53 heavy (non-hydrogen) atoms. The molecule has 2 saturated carbocycles. The maximum atomic E-state index is 13.9. The van der Waals surface area contributed by atoms with E-state index >= 15 is 0 Å². The Hall–Kier alpha value is -1.57. The average molecular weight is 772 g/mol. The number of amides is 1. The number of esters is 2. The second-order valence-electron chi connectivity index (χ2n) is 18.1. The first-order valence-electron chi connectivity index (χ1n) is 20.6. The zero-order chi connectivity index (χ0) is 37.1. The Morgan fingerprint density at radius 1 is 1.13 bits per heavy atom. The van der Waals surface area contributed by atoms with Gasteiger partial charge in [-0.1, -0.05) is 52.2 Å². The summed E-state index contributed by atoms with van der Waals surface area (Å²) in [5, 5.41) is 13.6. The molecule has 12 heteroatoms. The van der Waals surface area contributed by atoms with Crippen LogP contribution in [-0.4, -0.2) is 94.7 Å². The summed E-state index contributed by atoms with van der Waals surface area (Å²) in [7, 11) is 3.73. The van der Waals surface area contributed by atoms with Crippen LogP contribution in [-0.2, 0) is 28.6 Å². The summed E-state index contributed by atoms with van der Waals surface area (Å²) in [5.41, 5.74) is 6.68. The van der Waals surface area contributed by atoms with Gasteiger partial charge < -0.3 is 35.3 Å². The number of allylic oxidation sites excluding steroid dienone is 1. The third-order valence-corrected chi connectivity index (χ3v) is 17.8. The number of rotatable bonds is 5.